The number of nitrogens with one attached hydrogen (secondary N) is 1. The molecule has 1 atom stereocenters. The Labute approximate surface area is 177 Å². The van der Waals surface area contributed by atoms with E-state index < -0.39 is 17.7 Å². The maximum atomic E-state index is 13.6. The lowest BCUT2D eigenvalue weighted by Gasteiger charge is -2.20. The summed E-state index contributed by atoms with van der Waals surface area (Å²) in [6.07, 6.45) is 0. The highest BCUT2D eigenvalue weighted by Gasteiger charge is 2.24. The minimum Gasteiger partial charge on any atom is -0.418 e. The molecule has 4 aromatic rings. The van der Waals surface area contributed by atoms with Crippen molar-refractivity contribution in [3.05, 3.63) is 99.9 Å². The van der Waals surface area contributed by atoms with Gasteiger partial charge in [0.05, 0.1) is 0 Å². The number of rotatable bonds is 5. The van der Waals surface area contributed by atoms with E-state index in [0.29, 0.717) is 11.1 Å². The normalized spacial score (nSPS) is 12.0. The molecule has 1 N–H and O–H groups in total. The first-order valence-electron chi connectivity index (χ1n) is 9.29. The van der Waals surface area contributed by atoms with Gasteiger partial charge in [-0.2, -0.15) is 0 Å². The summed E-state index contributed by atoms with van der Waals surface area (Å²) in [4.78, 5) is 0. The van der Waals surface area contributed by atoms with Crippen LogP contribution in [0, 0.1) is 25.5 Å². The average Bonchev–Trinajstić information content (AvgIpc) is 3.18. The van der Waals surface area contributed by atoms with Crippen molar-refractivity contribution in [2.24, 2.45) is 0 Å². The fraction of sp³-hybridized carbons (Fsp3) is 0.130. The fourth-order valence-corrected chi connectivity index (χ4v) is 3.50. The first kappa shape index (κ1) is 20.0. The van der Waals surface area contributed by atoms with Gasteiger partial charge in [0.15, 0.2) is 0 Å². The molecule has 0 spiro atoms. The van der Waals surface area contributed by atoms with Crippen LogP contribution in [0.3, 0.4) is 0 Å². The molecule has 0 amide bonds. The molecule has 4 rings (SSSR count). The molecule has 0 bridgehead atoms. The van der Waals surface area contributed by atoms with Crippen molar-refractivity contribution in [3.8, 4) is 11.5 Å². The Balaban J connectivity index is 1.77. The Morgan fingerprint density at radius 3 is 2.47 bits per heavy atom. The first-order chi connectivity index (χ1) is 14.4. The summed E-state index contributed by atoms with van der Waals surface area (Å²) in [5, 5.41) is 11.8. The van der Waals surface area contributed by atoms with Gasteiger partial charge in [0.1, 0.15) is 17.7 Å². The third kappa shape index (κ3) is 4.19. The van der Waals surface area contributed by atoms with Gasteiger partial charge in [-0.05, 0) is 55.8 Å². The third-order valence-electron chi connectivity index (χ3n) is 4.71. The third-order valence-corrected chi connectivity index (χ3v) is 5.04. The number of hydrogen-bond donors (Lipinski definition) is 1. The van der Waals surface area contributed by atoms with Gasteiger partial charge < -0.3 is 9.73 Å². The second-order valence-electron chi connectivity index (χ2n) is 7.02. The Kier molecular flexibility index (Phi) is 5.50. The largest absolute Gasteiger partial charge is 0.418 e. The van der Waals surface area contributed by atoms with Crippen molar-refractivity contribution < 1.29 is 13.2 Å². The predicted molar refractivity (Wildman–Crippen MR) is 112 cm³/mol. The van der Waals surface area contributed by atoms with E-state index in [9.17, 15) is 8.78 Å². The molecule has 0 saturated carbocycles. The molecule has 1 aromatic heterocycles. The monoisotopic (exact) mass is 425 g/mol. The highest BCUT2D eigenvalue weighted by atomic mass is 35.5. The number of aromatic nitrogens is 2. The Morgan fingerprint density at radius 2 is 1.73 bits per heavy atom. The van der Waals surface area contributed by atoms with E-state index in [-0.39, 0.29) is 16.8 Å². The maximum Gasteiger partial charge on any atom is 0.247 e. The van der Waals surface area contributed by atoms with E-state index in [4.69, 9.17) is 16.0 Å². The lowest BCUT2D eigenvalue weighted by atomic mass is 10.0. The van der Waals surface area contributed by atoms with Gasteiger partial charge in [0.2, 0.25) is 11.8 Å². The van der Waals surface area contributed by atoms with Gasteiger partial charge in [-0.1, -0.05) is 41.4 Å². The Morgan fingerprint density at radius 1 is 0.933 bits per heavy atom. The van der Waals surface area contributed by atoms with Gasteiger partial charge in [0, 0.05) is 21.8 Å². The smallest absolute Gasteiger partial charge is 0.247 e. The van der Waals surface area contributed by atoms with Gasteiger partial charge in [-0.3, -0.25) is 0 Å². The van der Waals surface area contributed by atoms with E-state index in [1.165, 1.54) is 24.3 Å². The summed E-state index contributed by atoms with van der Waals surface area (Å²) in [6.45, 7) is 3.99. The van der Waals surface area contributed by atoms with Gasteiger partial charge >= 0.3 is 0 Å². The van der Waals surface area contributed by atoms with Crippen LogP contribution in [0.1, 0.15) is 28.6 Å². The van der Waals surface area contributed by atoms with E-state index in [0.717, 1.165) is 16.8 Å². The van der Waals surface area contributed by atoms with Crippen LogP contribution >= 0.6 is 11.6 Å². The van der Waals surface area contributed by atoms with Crippen LogP contribution in [0.15, 0.2) is 65.1 Å². The van der Waals surface area contributed by atoms with Crippen molar-refractivity contribution >= 4 is 17.3 Å². The number of hydrogen-bond acceptors (Lipinski definition) is 4. The summed E-state index contributed by atoms with van der Waals surface area (Å²) in [6, 6.07) is 15.4. The van der Waals surface area contributed by atoms with Crippen LogP contribution in [-0.2, 0) is 0 Å². The molecule has 4 nitrogen and oxygen atoms in total. The lowest BCUT2D eigenvalue weighted by molar-refractivity contribution is 0.493. The molecule has 0 radical (unpaired) electrons. The van der Waals surface area contributed by atoms with Gasteiger partial charge in [-0.25, -0.2) is 8.78 Å². The highest BCUT2D eigenvalue weighted by molar-refractivity contribution is 6.31. The molecule has 30 heavy (non-hydrogen) atoms. The molecule has 7 heteroatoms. The molecule has 0 aliphatic carbocycles. The van der Waals surface area contributed by atoms with Crippen molar-refractivity contribution in [2.45, 2.75) is 19.9 Å². The van der Waals surface area contributed by atoms with Crippen LogP contribution in [0.5, 0.6) is 0 Å². The molecular formula is C23H18ClF2N3O. The quantitative estimate of drug-likeness (QED) is 0.397. The van der Waals surface area contributed by atoms with Gasteiger partial charge in [-0.15, -0.1) is 10.2 Å². The second-order valence-corrected chi connectivity index (χ2v) is 7.42. The number of aryl methyl sites for hydroxylation is 2. The fourth-order valence-electron chi connectivity index (χ4n) is 3.23. The number of nitrogens with zero attached hydrogens (tertiary/aromatic N) is 2. The predicted octanol–water partition coefficient (Wildman–Crippen LogP) is 6.49. The van der Waals surface area contributed by atoms with Crippen molar-refractivity contribution in [1.29, 1.82) is 0 Å². The molecule has 0 saturated heterocycles. The molecular weight excluding hydrogens is 408 g/mol. The summed E-state index contributed by atoms with van der Waals surface area (Å²) in [5.41, 5.74) is 4.02. The summed E-state index contributed by atoms with van der Waals surface area (Å²) >= 11 is 6.33. The molecule has 0 aliphatic heterocycles. The maximum absolute atomic E-state index is 13.6. The van der Waals surface area contributed by atoms with Crippen LogP contribution in [-0.4, -0.2) is 10.2 Å². The summed E-state index contributed by atoms with van der Waals surface area (Å²) in [7, 11) is 0. The number of anilines is 1. The lowest BCUT2D eigenvalue weighted by Crippen LogP contribution is -2.14. The average molecular weight is 426 g/mol. The zero-order valence-electron chi connectivity index (χ0n) is 16.3. The molecule has 0 aliphatic rings. The van der Waals surface area contributed by atoms with Crippen molar-refractivity contribution in [2.75, 3.05) is 5.32 Å². The molecule has 1 heterocycles. The van der Waals surface area contributed by atoms with E-state index in [1.54, 1.807) is 18.2 Å². The Bertz CT molecular complexity index is 1210. The van der Waals surface area contributed by atoms with Crippen molar-refractivity contribution in [3.63, 3.8) is 0 Å². The number of halogens is 3. The highest BCUT2D eigenvalue weighted by Crippen LogP contribution is 2.34. The van der Waals surface area contributed by atoms with Gasteiger partial charge in [0.25, 0.3) is 0 Å². The molecule has 0 unspecified atom stereocenters. The summed E-state index contributed by atoms with van der Waals surface area (Å²) < 4.78 is 33.1. The standard InChI is InChI=1S/C23H18ClF2N3O/c1-13-6-9-20(14(2)10-13)27-21(18-8-7-17(26)12-19(18)24)23-29-28-22(30-23)15-4-3-5-16(25)11-15/h3-12,21,27H,1-2H3/t21-/m0/s1. The zero-order valence-corrected chi connectivity index (χ0v) is 17.0. The van der Waals surface area contributed by atoms with E-state index in [2.05, 4.69) is 15.5 Å². The molecule has 0 fully saturated rings. The topological polar surface area (TPSA) is 51.0 Å². The summed E-state index contributed by atoms with van der Waals surface area (Å²) in [5.74, 6) is -0.448. The van der Waals surface area contributed by atoms with Crippen LogP contribution < -0.4 is 5.32 Å². The molecule has 3 aromatic carbocycles. The zero-order chi connectivity index (χ0) is 21.3. The van der Waals surface area contributed by atoms with Crippen LogP contribution in [0.25, 0.3) is 11.5 Å². The van der Waals surface area contributed by atoms with Crippen LogP contribution in [0.4, 0.5) is 14.5 Å². The van der Waals surface area contributed by atoms with E-state index >= 15 is 0 Å². The van der Waals surface area contributed by atoms with Crippen LogP contribution in [0.2, 0.25) is 5.02 Å². The Hall–Kier alpha value is -3.25. The minimum absolute atomic E-state index is 0.176. The first-order valence-corrected chi connectivity index (χ1v) is 9.66. The van der Waals surface area contributed by atoms with Crippen molar-refractivity contribution in [1.82, 2.24) is 10.2 Å². The molecule has 152 valence electrons. The number of benzene rings is 3. The minimum atomic E-state index is -0.630. The van der Waals surface area contributed by atoms with E-state index in [1.807, 2.05) is 32.0 Å². The second kappa shape index (κ2) is 8.24. The SMILES string of the molecule is Cc1ccc(N[C@H](c2nnc(-c3cccc(F)c3)o2)c2ccc(F)cc2Cl)c(C)c1.